The number of nitrogens with two attached hydrogens (primary N) is 1. The average Bonchev–Trinajstić information content (AvgIpc) is 3.11. The third-order valence-electron chi connectivity index (χ3n) is 4.08. The highest BCUT2D eigenvalue weighted by atomic mass is 16.5. The number of nitrogens with zero attached hydrogens (tertiary/aromatic N) is 3. The number of rotatable bonds is 4. The summed E-state index contributed by atoms with van der Waals surface area (Å²) in [4.78, 5) is 28.9. The molecule has 0 bridgehead atoms. The van der Waals surface area contributed by atoms with E-state index in [-0.39, 0.29) is 17.7 Å². The van der Waals surface area contributed by atoms with Crippen LogP contribution in [0.2, 0.25) is 0 Å². The van der Waals surface area contributed by atoms with E-state index in [1.54, 1.807) is 0 Å². The second-order valence-corrected chi connectivity index (χ2v) is 5.41. The Hall–Kier alpha value is -2.00. The number of carbonyl (C=O) groups excluding carboxylic acids is 2. The Morgan fingerprint density at radius 1 is 1.57 bits per heavy atom. The van der Waals surface area contributed by atoms with Crippen molar-refractivity contribution in [3.8, 4) is 0 Å². The Morgan fingerprint density at radius 3 is 3.05 bits per heavy atom. The minimum absolute atomic E-state index is 0.0866. The zero-order valence-corrected chi connectivity index (χ0v) is 11.6. The largest absolute Gasteiger partial charge is 0.468 e. The van der Waals surface area contributed by atoms with Gasteiger partial charge in [-0.05, 0) is 0 Å². The molecule has 3 rings (SSSR count). The van der Waals surface area contributed by atoms with E-state index in [4.69, 9.17) is 19.7 Å². The Labute approximate surface area is 120 Å². The third kappa shape index (κ3) is 2.28. The van der Waals surface area contributed by atoms with Gasteiger partial charge in [-0.25, -0.2) is 0 Å². The van der Waals surface area contributed by atoms with Crippen LogP contribution in [0.5, 0.6) is 0 Å². The summed E-state index contributed by atoms with van der Waals surface area (Å²) in [5.74, 6) is -0.748. The van der Waals surface area contributed by atoms with Crippen molar-refractivity contribution < 1.29 is 23.6 Å². The normalized spacial score (nSPS) is 28.5. The lowest BCUT2D eigenvalue weighted by Gasteiger charge is -2.23. The molecule has 0 unspecified atom stereocenters. The molecule has 2 N–H and O–H groups in total. The van der Waals surface area contributed by atoms with E-state index in [1.807, 2.05) is 4.90 Å². The second kappa shape index (κ2) is 5.08. The Kier molecular flexibility index (Phi) is 3.38. The van der Waals surface area contributed by atoms with Crippen LogP contribution in [-0.2, 0) is 20.8 Å². The molecule has 2 aliphatic heterocycles. The molecule has 2 saturated heterocycles. The molecular formula is C12H16N4O5. The number of aromatic nitrogens is 2. The first-order valence-electron chi connectivity index (χ1n) is 6.56. The molecule has 2 aliphatic rings. The average molecular weight is 296 g/mol. The molecule has 1 amide bonds. The van der Waals surface area contributed by atoms with E-state index < -0.39 is 11.3 Å². The Morgan fingerprint density at radius 2 is 2.38 bits per heavy atom. The molecule has 9 heteroatoms. The Balaban J connectivity index is 1.71. The summed E-state index contributed by atoms with van der Waals surface area (Å²) < 4.78 is 15.3. The van der Waals surface area contributed by atoms with Gasteiger partial charge in [-0.1, -0.05) is 5.16 Å². The van der Waals surface area contributed by atoms with E-state index in [0.29, 0.717) is 38.7 Å². The highest BCUT2D eigenvalue weighted by molar-refractivity contribution is 5.88. The number of likely N-dealkylation sites (tertiary alicyclic amines) is 1. The van der Waals surface area contributed by atoms with Gasteiger partial charge >= 0.3 is 5.97 Å². The van der Waals surface area contributed by atoms with Crippen molar-refractivity contribution in [2.75, 3.05) is 33.4 Å². The van der Waals surface area contributed by atoms with Crippen LogP contribution in [-0.4, -0.2) is 60.3 Å². The van der Waals surface area contributed by atoms with E-state index in [2.05, 4.69) is 10.1 Å². The first-order chi connectivity index (χ1) is 10.0. The predicted octanol–water partition coefficient (Wildman–Crippen LogP) is -1.21. The molecule has 0 saturated carbocycles. The molecule has 9 nitrogen and oxygen atoms in total. The lowest BCUT2D eigenvalue weighted by Crippen LogP contribution is -2.40. The number of methoxy groups -OCH3 is 1. The van der Waals surface area contributed by atoms with Crippen molar-refractivity contribution in [3.63, 3.8) is 0 Å². The minimum atomic E-state index is -0.734. The highest BCUT2D eigenvalue weighted by Gasteiger charge is 2.56. The SMILES string of the molecule is COC(=O)[C@@]12COC[C@@H]1CN(Cc1nc(C(N)=O)no1)C2. The molecule has 114 valence electrons. The summed E-state index contributed by atoms with van der Waals surface area (Å²) >= 11 is 0. The third-order valence-corrected chi connectivity index (χ3v) is 4.08. The summed E-state index contributed by atoms with van der Waals surface area (Å²) in [6.45, 7) is 2.41. The fourth-order valence-electron chi connectivity index (χ4n) is 3.06. The van der Waals surface area contributed by atoms with Gasteiger partial charge in [0.25, 0.3) is 11.7 Å². The summed E-state index contributed by atoms with van der Waals surface area (Å²) in [6.07, 6.45) is 0. The van der Waals surface area contributed by atoms with Crippen LogP contribution in [0.3, 0.4) is 0 Å². The van der Waals surface area contributed by atoms with Crippen LogP contribution in [0.25, 0.3) is 0 Å². The smallest absolute Gasteiger partial charge is 0.315 e. The molecule has 0 aliphatic carbocycles. The van der Waals surface area contributed by atoms with Gasteiger partial charge in [0.2, 0.25) is 5.89 Å². The summed E-state index contributed by atoms with van der Waals surface area (Å²) in [5.41, 5.74) is 4.45. The van der Waals surface area contributed by atoms with Crippen LogP contribution < -0.4 is 5.73 Å². The first kappa shape index (κ1) is 14.0. The van der Waals surface area contributed by atoms with Crippen LogP contribution in [0.1, 0.15) is 16.5 Å². The van der Waals surface area contributed by atoms with Crippen molar-refractivity contribution in [1.82, 2.24) is 15.0 Å². The lowest BCUT2D eigenvalue weighted by atomic mass is 9.81. The van der Waals surface area contributed by atoms with Gasteiger partial charge in [0, 0.05) is 19.0 Å². The van der Waals surface area contributed by atoms with Gasteiger partial charge in [0.15, 0.2) is 0 Å². The molecule has 3 heterocycles. The van der Waals surface area contributed by atoms with Crippen molar-refractivity contribution in [2.24, 2.45) is 17.1 Å². The number of esters is 1. The zero-order valence-electron chi connectivity index (χ0n) is 11.6. The topological polar surface area (TPSA) is 121 Å². The number of amides is 1. The maximum atomic E-state index is 12.1. The van der Waals surface area contributed by atoms with E-state index in [0.717, 1.165) is 0 Å². The van der Waals surface area contributed by atoms with Gasteiger partial charge in [0.1, 0.15) is 5.41 Å². The number of carbonyl (C=O) groups is 2. The maximum Gasteiger partial charge on any atom is 0.315 e. The van der Waals surface area contributed by atoms with Crippen LogP contribution in [0.4, 0.5) is 0 Å². The van der Waals surface area contributed by atoms with Crippen molar-refractivity contribution in [3.05, 3.63) is 11.7 Å². The molecule has 0 aromatic carbocycles. The van der Waals surface area contributed by atoms with E-state index in [9.17, 15) is 9.59 Å². The first-order valence-corrected chi connectivity index (χ1v) is 6.56. The molecular weight excluding hydrogens is 280 g/mol. The Bertz CT molecular complexity index is 574. The van der Waals surface area contributed by atoms with E-state index in [1.165, 1.54) is 7.11 Å². The molecule has 0 radical (unpaired) electrons. The molecule has 2 atom stereocenters. The van der Waals surface area contributed by atoms with Crippen molar-refractivity contribution in [2.45, 2.75) is 6.54 Å². The summed E-state index contributed by atoms with van der Waals surface area (Å²) in [7, 11) is 1.38. The number of ether oxygens (including phenoxy) is 2. The molecule has 21 heavy (non-hydrogen) atoms. The summed E-state index contributed by atoms with van der Waals surface area (Å²) in [6, 6.07) is 0. The molecule has 1 aromatic heterocycles. The van der Waals surface area contributed by atoms with Crippen LogP contribution in [0, 0.1) is 11.3 Å². The van der Waals surface area contributed by atoms with Gasteiger partial charge in [-0.2, -0.15) is 4.98 Å². The minimum Gasteiger partial charge on any atom is -0.468 e. The van der Waals surface area contributed by atoms with Gasteiger partial charge in [0.05, 0.1) is 26.9 Å². The van der Waals surface area contributed by atoms with Crippen molar-refractivity contribution >= 4 is 11.9 Å². The van der Waals surface area contributed by atoms with Gasteiger partial charge < -0.3 is 19.7 Å². The van der Waals surface area contributed by atoms with Gasteiger partial charge in [-0.15, -0.1) is 0 Å². The summed E-state index contributed by atoms with van der Waals surface area (Å²) in [5, 5.41) is 3.49. The van der Waals surface area contributed by atoms with Crippen LogP contribution >= 0.6 is 0 Å². The lowest BCUT2D eigenvalue weighted by molar-refractivity contribution is -0.153. The highest BCUT2D eigenvalue weighted by Crippen LogP contribution is 2.42. The standard InChI is InChI=1S/C12H16N4O5/c1-19-11(18)12-5-16(2-7(12)4-20-6-12)3-8-14-10(9(13)17)15-21-8/h7H,2-6H2,1H3,(H2,13,17)/t7-,12-/m0/s1. The van der Waals surface area contributed by atoms with E-state index >= 15 is 0 Å². The maximum absolute atomic E-state index is 12.1. The quantitative estimate of drug-likeness (QED) is 0.687. The number of hydrogen-bond donors (Lipinski definition) is 1. The molecule has 2 fully saturated rings. The fourth-order valence-corrected chi connectivity index (χ4v) is 3.06. The number of hydrogen-bond acceptors (Lipinski definition) is 8. The van der Waals surface area contributed by atoms with Crippen molar-refractivity contribution in [1.29, 1.82) is 0 Å². The predicted molar refractivity (Wildman–Crippen MR) is 66.9 cm³/mol. The van der Waals surface area contributed by atoms with Gasteiger partial charge in [-0.3, -0.25) is 14.5 Å². The van der Waals surface area contributed by atoms with Crippen LogP contribution in [0.15, 0.2) is 4.52 Å². The monoisotopic (exact) mass is 296 g/mol. The molecule has 1 aromatic rings. The second-order valence-electron chi connectivity index (χ2n) is 5.41. The molecule has 0 spiro atoms. The number of fused-ring (bicyclic) bond motifs is 1. The fraction of sp³-hybridized carbons (Fsp3) is 0.667. The zero-order chi connectivity index (χ0) is 15.0. The number of primary amides is 1.